The molecule has 0 saturated heterocycles. The van der Waals surface area contributed by atoms with E-state index in [9.17, 15) is 4.79 Å². The summed E-state index contributed by atoms with van der Waals surface area (Å²) in [5.41, 5.74) is 3.49. The molecule has 0 aliphatic heterocycles. The fourth-order valence-corrected chi connectivity index (χ4v) is 3.40. The molecule has 0 bridgehead atoms. The summed E-state index contributed by atoms with van der Waals surface area (Å²) < 4.78 is 13.1. The number of Topliss-reactive ketones (excluding diaryl/α,β-unsaturated/α-hetero) is 1. The van der Waals surface area contributed by atoms with Crippen LogP contribution in [0.25, 0.3) is 5.69 Å². The Balaban J connectivity index is 1.43. The molecule has 9 heteroatoms. The number of carbonyl (C=O) groups is 1. The van der Waals surface area contributed by atoms with Gasteiger partial charge in [-0.15, -0.1) is 0 Å². The van der Waals surface area contributed by atoms with Crippen molar-refractivity contribution in [3.05, 3.63) is 78.5 Å². The van der Waals surface area contributed by atoms with Crippen LogP contribution in [0.1, 0.15) is 11.3 Å². The van der Waals surface area contributed by atoms with E-state index < -0.39 is 0 Å². The number of rotatable bonds is 10. The Kier molecular flexibility index (Phi) is 7.02. The van der Waals surface area contributed by atoms with Gasteiger partial charge >= 0.3 is 0 Å². The number of ether oxygens (including phenoxy) is 2. The maximum absolute atomic E-state index is 12.3. The number of benzene rings is 2. The molecule has 4 aromatic rings. The minimum absolute atomic E-state index is 0.0317. The van der Waals surface area contributed by atoms with Gasteiger partial charge < -0.3 is 24.7 Å². The number of aromatic nitrogens is 4. The highest BCUT2D eigenvalue weighted by molar-refractivity contribution is 5.82. The minimum atomic E-state index is -0.0634. The molecule has 2 aromatic heterocycles. The summed E-state index contributed by atoms with van der Waals surface area (Å²) in [5, 5.41) is 6.16. The smallest absolute Gasteiger partial charge is 0.229 e. The van der Waals surface area contributed by atoms with Gasteiger partial charge in [-0.05, 0) is 24.6 Å². The maximum atomic E-state index is 12.3. The number of aryl methyl sites for hydroxylation is 1. The van der Waals surface area contributed by atoms with E-state index in [0.29, 0.717) is 29.7 Å². The Morgan fingerprint density at radius 3 is 2.62 bits per heavy atom. The molecule has 2 aromatic carbocycles. The molecule has 0 saturated carbocycles. The SMILES string of the molecule is CNc1nc(Nc2ccc(-n3cnc(C)c3)c(OC)c2)ncc1OCC(=O)Cc1ccccc1. The highest BCUT2D eigenvalue weighted by Crippen LogP contribution is 2.29. The first-order valence-corrected chi connectivity index (χ1v) is 10.7. The fourth-order valence-electron chi connectivity index (χ4n) is 3.40. The van der Waals surface area contributed by atoms with Crippen molar-refractivity contribution in [1.82, 2.24) is 19.5 Å². The summed E-state index contributed by atoms with van der Waals surface area (Å²) in [5.74, 6) is 1.89. The van der Waals surface area contributed by atoms with Gasteiger partial charge in [-0.25, -0.2) is 9.97 Å². The van der Waals surface area contributed by atoms with E-state index in [-0.39, 0.29) is 12.4 Å². The van der Waals surface area contributed by atoms with Gasteiger partial charge in [0.2, 0.25) is 5.95 Å². The molecular weight excluding hydrogens is 432 g/mol. The molecule has 174 valence electrons. The molecule has 0 aliphatic carbocycles. The molecule has 2 N–H and O–H groups in total. The van der Waals surface area contributed by atoms with Crippen LogP contribution in [-0.4, -0.2) is 46.1 Å². The van der Waals surface area contributed by atoms with Gasteiger partial charge in [0.15, 0.2) is 17.4 Å². The van der Waals surface area contributed by atoms with Crippen LogP contribution < -0.4 is 20.1 Å². The van der Waals surface area contributed by atoms with Crippen LogP contribution in [-0.2, 0) is 11.2 Å². The molecule has 4 rings (SSSR count). The lowest BCUT2D eigenvalue weighted by atomic mass is 10.1. The van der Waals surface area contributed by atoms with E-state index in [1.54, 1.807) is 20.5 Å². The van der Waals surface area contributed by atoms with Crippen molar-refractivity contribution in [2.75, 3.05) is 31.4 Å². The van der Waals surface area contributed by atoms with Crippen LogP contribution in [0.2, 0.25) is 0 Å². The summed E-state index contributed by atoms with van der Waals surface area (Å²) in [6.07, 6.45) is 5.52. The molecular formula is C25H26N6O3. The Bertz CT molecular complexity index is 1270. The Morgan fingerprint density at radius 2 is 1.91 bits per heavy atom. The summed E-state index contributed by atoms with van der Waals surface area (Å²) in [7, 11) is 3.35. The van der Waals surface area contributed by atoms with Crippen LogP contribution in [0, 0.1) is 6.92 Å². The number of methoxy groups -OCH3 is 1. The van der Waals surface area contributed by atoms with Crippen LogP contribution in [0.4, 0.5) is 17.5 Å². The third-order valence-corrected chi connectivity index (χ3v) is 5.05. The topological polar surface area (TPSA) is 103 Å². The quantitative estimate of drug-likeness (QED) is 0.368. The zero-order chi connectivity index (χ0) is 23.9. The summed E-state index contributed by atoms with van der Waals surface area (Å²) >= 11 is 0. The highest BCUT2D eigenvalue weighted by Gasteiger charge is 2.12. The second-order valence-electron chi connectivity index (χ2n) is 7.58. The molecule has 2 heterocycles. The summed E-state index contributed by atoms with van der Waals surface area (Å²) in [6.45, 7) is 1.87. The maximum Gasteiger partial charge on any atom is 0.229 e. The zero-order valence-corrected chi connectivity index (χ0v) is 19.3. The van der Waals surface area contributed by atoms with Gasteiger partial charge in [0.1, 0.15) is 12.4 Å². The van der Waals surface area contributed by atoms with Gasteiger partial charge in [0, 0.05) is 31.4 Å². The predicted molar refractivity (Wildman–Crippen MR) is 130 cm³/mol. The van der Waals surface area contributed by atoms with Gasteiger partial charge in [-0.1, -0.05) is 30.3 Å². The van der Waals surface area contributed by atoms with E-state index in [0.717, 1.165) is 22.6 Å². The van der Waals surface area contributed by atoms with Crippen LogP contribution in [0.15, 0.2) is 67.3 Å². The van der Waals surface area contributed by atoms with E-state index >= 15 is 0 Å². The van der Waals surface area contributed by atoms with Crippen molar-refractivity contribution < 1.29 is 14.3 Å². The third kappa shape index (κ3) is 5.50. The van der Waals surface area contributed by atoms with Crippen molar-refractivity contribution in [1.29, 1.82) is 0 Å². The van der Waals surface area contributed by atoms with Gasteiger partial charge in [0.05, 0.1) is 31.0 Å². The van der Waals surface area contributed by atoms with Crippen LogP contribution in [0.5, 0.6) is 11.5 Å². The monoisotopic (exact) mass is 458 g/mol. The molecule has 0 radical (unpaired) electrons. The van der Waals surface area contributed by atoms with Crippen molar-refractivity contribution >= 4 is 23.2 Å². The van der Waals surface area contributed by atoms with Gasteiger partial charge in [0.25, 0.3) is 0 Å². The average Bonchev–Trinajstić information content (AvgIpc) is 3.29. The average molecular weight is 459 g/mol. The summed E-state index contributed by atoms with van der Waals surface area (Å²) in [4.78, 5) is 25.3. The van der Waals surface area contributed by atoms with E-state index in [1.165, 1.54) is 6.20 Å². The second kappa shape index (κ2) is 10.5. The molecule has 9 nitrogen and oxygen atoms in total. The molecule has 0 aliphatic rings. The number of nitrogens with one attached hydrogen (secondary N) is 2. The first-order chi connectivity index (χ1) is 16.6. The molecule has 0 unspecified atom stereocenters. The summed E-state index contributed by atoms with van der Waals surface area (Å²) in [6, 6.07) is 15.3. The van der Waals surface area contributed by atoms with Crippen LogP contribution in [0.3, 0.4) is 0 Å². The Labute approximate surface area is 197 Å². The normalized spacial score (nSPS) is 10.6. The third-order valence-electron chi connectivity index (χ3n) is 5.05. The second-order valence-corrected chi connectivity index (χ2v) is 7.58. The number of nitrogens with zero attached hydrogens (tertiary/aromatic N) is 4. The lowest BCUT2D eigenvalue weighted by molar-refractivity contribution is -0.120. The van der Waals surface area contributed by atoms with Crippen molar-refractivity contribution in [3.63, 3.8) is 0 Å². The largest absolute Gasteiger partial charge is 0.494 e. The molecule has 34 heavy (non-hydrogen) atoms. The first-order valence-electron chi connectivity index (χ1n) is 10.7. The number of hydrogen-bond donors (Lipinski definition) is 2. The van der Waals surface area contributed by atoms with Crippen molar-refractivity contribution in [2.24, 2.45) is 0 Å². The molecule has 0 amide bonds. The lowest BCUT2D eigenvalue weighted by Gasteiger charge is -2.14. The number of hydrogen-bond acceptors (Lipinski definition) is 8. The number of carbonyl (C=O) groups excluding carboxylic acids is 1. The molecule has 0 atom stereocenters. The Hall–Kier alpha value is -4.40. The highest BCUT2D eigenvalue weighted by atomic mass is 16.5. The van der Waals surface area contributed by atoms with Crippen LogP contribution >= 0.6 is 0 Å². The first kappa shape index (κ1) is 22.8. The predicted octanol–water partition coefficient (Wildman–Crippen LogP) is 3.96. The van der Waals surface area contributed by atoms with E-state index in [1.807, 2.05) is 66.2 Å². The number of anilines is 3. The number of imidazole rings is 1. The van der Waals surface area contributed by atoms with E-state index in [4.69, 9.17) is 9.47 Å². The lowest BCUT2D eigenvalue weighted by Crippen LogP contribution is -2.15. The Morgan fingerprint density at radius 1 is 1.09 bits per heavy atom. The zero-order valence-electron chi connectivity index (χ0n) is 19.3. The molecule has 0 fully saturated rings. The van der Waals surface area contributed by atoms with Gasteiger partial charge in [-0.3, -0.25) is 4.79 Å². The fraction of sp³-hybridized carbons (Fsp3) is 0.200. The number of ketones is 1. The minimum Gasteiger partial charge on any atom is -0.494 e. The van der Waals surface area contributed by atoms with Crippen molar-refractivity contribution in [3.8, 4) is 17.2 Å². The molecule has 0 spiro atoms. The van der Waals surface area contributed by atoms with Crippen molar-refractivity contribution in [2.45, 2.75) is 13.3 Å². The van der Waals surface area contributed by atoms with Gasteiger partial charge in [-0.2, -0.15) is 4.98 Å². The van der Waals surface area contributed by atoms with E-state index in [2.05, 4.69) is 25.6 Å². The standard InChI is InChI=1S/C25H26N6O3/c1-17-14-31(16-28-17)21-10-9-19(12-22(21)33-3)29-25-27-13-23(24(26-2)30-25)34-15-20(32)11-18-7-5-4-6-8-18/h4-10,12-14,16H,11,15H2,1-3H3,(H2,26,27,29,30).